The highest BCUT2D eigenvalue weighted by Crippen LogP contribution is 2.31. The first-order chi connectivity index (χ1) is 16.0. The first-order valence-corrected chi connectivity index (χ1v) is 12.6. The van der Waals surface area contributed by atoms with E-state index in [4.69, 9.17) is 11.6 Å². The van der Waals surface area contributed by atoms with Crippen molar-refractivity contribution in [3.63, 3.8) is 0 Å². The summed E-state index contributed by atoms with van der Waals surface area (Å²) in [5.41, 5.74) is 1.52. The van der Waals surface area contributed by atoms with Crippen molar-refractivity contribution in [1.82, 2.24) is 25.5 Å². The molecule has 1 aromatic carbocycles. The molecule has 1 aromatic heterocycles. The Morgan fingerprint density at radius 2 is 1.88 bits per heavy atom. The number of carbonyl (C=O) groups is 2. The fourth-order valence-corrected chi connectivity index (χ4v) is 6.06. The molecule has 33 heavy (non-hydrogen) atoms. The Kier molecular flexibility index (Phi) is 6.47. The van der Waals surface area contributed by atoms with Gasteiger partial charge >= 0.3 is 5.69 Å². The highest BCUT2D eigenvalue weighted by atomic mass is 35.5. The van der Waals surface area contributed by atoms with Gasteiger partial charge in [0.2, 0.25) is 11.8 Å². The third kappa shape index (κ3) is 4.82. The molecule has 3 fully saturated rings. The Morgan fingerprint density at radius 1 is 1.09 bits per heavy atom. The molecule has 2 saturated carbocycles. The summed E-state index contributed by atoms with van der Waals surface area (Å²) in [6.45, 7) is 0. The minimum atomic E-state index is -0.126. The first-order valence-electron chi connectivity index (χ1n) is 12.2. The summed E-state index contributed by atoms with van der Waals surface area (Å²) in [7, 11) is 0. The number of imidazole rings is 1. The van der Waals surface area contributed by atoms with Crippen LogP contribution in [0.25, 0.3) is 11.0 Å². The second-order valence-corrected chi connectivity index (χ2v) is 10.2. The Balaban J connectivity index is 1.10. The lowest BCUT2D eigenvalue weighted by molar-refractivity contribution is -0.131. The van der Waals surface area contributed by atoms with Crippen molar-refractivity contribution in [2.75, 3.05) is 0 Å². The van der Waals surface area contributed by atoms with Gasteiger partial charge in [0, 0.05) is 29.6 Å². The monoisotopic (exact) mass is 473 g/mol. The number of fused-ring (bicyclic) bond motifs is 2. The molecule has 3 atom stereocenters. The highest BCUT2D eigenvalue weighted by Gasteiger charge is 2.37. The molecule has 1 saturated heterocycles. The number of amides is 2. The van der Waals surface area contributed by atoms with Crippen molar-refractivity contribution < 1.29 is 9.59 Å². The molecule has 8 nitrogen and oxygen atoms in total. The van der Waals surface area contributed by atoms with E-state index in [0.29, 0.717) is 17.9 Å². The maximum Gasteiger partial charge on any atom is 0.326 e. The molecule has 0 radical (unpaired) electrons. The second-order valence-electron chi connectivity index (χ2n) is 9.80. The van der Waals surface area contributed by atoms with Crippen LogP contribution in [-0.4, -0.2) is 39.6 Å². The highest BCUT2D eigenvalue weighted by molar-refractivity contribution is 6.31. The zero-order valence-electron chi connectivity index (χ0n) is 18.7. The molecule has 5 rings (SSSR count). The smallest absolute Gasteiger partial charge is 0.326 e. The largest absolute Gasteiger partial charge is 0.353 e. The van der Waals surface area contributed by atoms with Gasteiger partial charge in [-0.05, 0) is 63.1 Å². The number of H-pyrrole nitrogens is 1. The lowest BCUT2D eigenvalue weighted by atomic mass is 9.82. The minimum absolute atomic E-state index is 0.0244. The molecule has 4 N–H and O–H groups in total. The average molecular weight is 474 g/mol. The molecule has 178 valence electrons. The maximum atomic E-state index is 12.6. The number of nitrogens with zero attached hydrogens (tertiary/aromatic N) is 1. The van der Waals surface area contributed by atoms with E-state index in [2.05, 4.69) is 20.9 Å². The van der Waals surface area contributed by atoms with Gasteiger partial charge in [-0.15, -0.1) is 0 Å². The van der Waals surface area contributed by atoms with Gasteiger partial charge in [-0.25, -0.2) is 4.79 Å². The molecule has 2 aromatic rings. The predicted molar refractivity (Wildman–Crippen MR) is 127 cm³/mol. The number of hydrogen-bond acceptors (Lipinski definition) is 4. The number of rotatable bonds is 5. The van der Waals surface area contributed by atoms with Crippen LogP contribution in [0.5, 0.6) is 0 Å². The summed E-state index contributed by atoms with van der Waals surface area (Å²) in [6, 6.07) is 5.91. The van der Waals surface area contributed by atoms with Crippen LogP contribution in [0, 0.1) is 5.92 Å². The predicted octanol–water partition coefficient (Wildman–Crippen LogP) is 2.97. The van der Waals surface area contributed by atoms with Gasteiger partial charge in [0.25, 0.3) is 0 Å². The SMILES string of the molecule is O=C(CCC1NC(=O)C2CCCCC2N1)NC1CCC(n2c(=O)[nH]c3ccc(Cl)cc32)CC1. The van der Waals surface area contributed by atoms with Gasteiger partial charge in [0.1, 0.15) is 0 Å². The zero-order valence-corrected chi connectivity index (χ0v) is 19.5. The summed E-state index contributed by atoms with van der Waals surface area (Å²) in [5.74, 6) is 0.243. The summed E-state index contributed by atoms with van der Waals surface area (Å²) in [4.78, 5) is 40.4. The summed E-state index contributed by atoms with van der Waals surface area (Å²) in [5, 5.41) is 10.3. The van der Waals surface area contributed by atoms with Crippen molar-refractivity contribution in [3.8, 4) is 0 Å². The molecule has 0 spiro atoms. The van der Waals surface area contributed by atoms with Gasteiger partial charge in [-0.2, -0.15) is 0 Å². The van der Waals surface area contributed by atoms with Gasteiger partial charge in [-0.3, -0.25) is 19.5 Å². The van der Waals surface area contributed by atoms with Gasteiger partial charge in [-0.1, -0.05) is 24.4 Å². The summed E-state index contributed by atoms with van der Waals surface area (Å²) < 4.78 is 1.81. The van der Waals surface area contributed by atoms with E-state index < -0.39 is 0 Å². The lowest BCUT2D eigenvalue weighted by Gasteiger charge is -2.40. The van der Waals surface area contributed by atoms with Crippen LogP contribution in [0.3, 0.4) is 0 Å². The van der Waals surface area contributed by atoms with Crippen LogP contribution >= 0.6 is 11.6 Å². The van der Waals surface area contributed by atoms with Gasteiger partial charge in [0.05, 0.1) is 23.1 Å². The molecular formula is C24H32ClN5O3. The van der Waals surface area contributed by atoms with Gasteiger partial charge < -0.3 is 15.6 Å². The van der Waals surface area contributed by atoms with E-state index in [9.17, 15) is 14.4 Å². The Hall–Kier alpha value is -2.32. The molecule has 2 amide bonds. The molecule has 0 bridgehead atoms. The molecule has 3 unspecified atom stereocenters. The Bertz CT molecular complexity index is 1090. The fraction of sp³-hybridized carbons (Fsp3) is 0.625. The topological polar surface area (TPSA) is 108 Å². The number of aromatic nitrogens is 2. The van der Waals surface area contributed by atoms with E-state index in [0.717, 1.165) is 62.4 Å². The normalized spacial score (nSPS) is 30.0. The van der Waals surface area contributed by atoms with Crippen LogP contribution in [0.4, 0.5) is 0 Å². The lowest BCUT2D eigenvalue weighted by Crippen LogP contribution is -2.62. The van der Waals surface area contributed by atoms with Gasteiger partial charge in [0.15, 0.2) is 0 Å². The zero-order chi connectivity index (χ0) is 22.9. The summed E-state index contributed by atoms with van der Waals surface area (Å²) >= 11 is 6.14. The van der Waals surface area contributed by atoms with E-state index in [-0.39, 0.29) is 47.7 Å². The van der Waals surface area contributed by atoms with Crippen LogP contribution in [0.2, 0.25) is 5.02 Å². The number of aromatic amines is 1. The quantitative estimate of drug-likeness (QED) is 0.535. The molecule has 9 heteroatoms. The van der Waals surface area contributed by atoms with E-state index in [1.54, 1.807) is 6.07 Å². The molecule has 2 aliphatic carbocycles. The summed E-state index contributed by atoms with van der Waals surface area (Å²) in [6.07, 6.45) is 8.45. The van der Waals surface area contributed by atoms with Crippen LogP contribution in [0.1, 0.15) is 70.3 Å². The first kappa shape index (κ1) is 22.5. The standard InChI is InChI=1S/C24H32ClN5O3/c25-14-5-10-19-20(13-14)30(24(33)28-19)16-8-6-15(7-9-16)26-22(31)12-11-21-27-18-4-2-1-3-17(18)23(32)29-21/h5,10,13,15-18,21,27H,1-4,6-9,11-12H2,(H,26,31)(H,28,33)(H,29,32). The molecule has 2 heterocycles. The third-order valence-corrected chi connectivity index (χ3v) is 7.84. The molecule has 3 aliphatic rings. The molecule has 1 aliphatic heterocycles. The number of nitrogens with one attached hydrogen (secondary N) is 4. The maximum absolute atomic E-state index is 12.6. The fourth-order valence-electron chi connectivity index (χ4n) is 5.89. The minimum Gasteiger partial charge on any atom is -0.353 e. The number of benzene rings is 1. The Labute approximate surface area is 197 Å². The Morgan fingerprint density at radius 3 is 2.70 bits per heavy atom. The number of hydrogen-bond donors (Lipinski definition) is 4. The van der Waals surface area contributed by atoms with E-state index >= 15 is 0 Å². The van der Waals surface area contributed by atoms with Crippen LogP contribution in [-0.2, 0) is 9.59 Å². The third-order valence-electron chi connectivity index (χ3n) is 7.60. The van der Waals surface area contributed by atoms with Crippen molar-refractivity contribution >= 4 is 34.4 Å². The average Bonchev–Trinajstić information content (AvgIpc) is 3.13. The molecular weight excluding hydrogens is 442 g/mol. The van der Waals surface area contributed by atoms with Crippen molar-refractivity contribution in [1.29, 1.82) is 0 Å². The van der Waals surface area contributed by atoms with Crippen molar-refractivity contribution in [3.05, 3.63) is 33.7 Å². The van der Waals surface area contributed by atoms with Crippen LogP contribution < -0.4 is 21.6 Å². The van der Waals surface area contributed by atoms with E-state index in [1.807, 2.05) is 16.7 Å². The van der Waals surface area contributed by atoms with E-state index in [1.165, 1.54) is 0 Å². The van der Waals surface area contributed by atoms with Crippen molar-refractivity contribution in [2.24, 2.45) is 5.92 Å². The van der Waals surface area contributed by atoms with Crippen LogP contribution in [0.15, 0.2) is 23.0 Å². The number of carbonyl (C=O) groups excluding carboxylic acids is 2. The number of halogens is 1. The van der Waals surface area contributed by atoms with Crippen molar-refractivity contribution in [2.45, 2.75) is 88.5 Å². The second kappa shape index (κ2) is 9.50.